The lowest BCUT2D eigenvalue weighted by Gasteiger charge is -2.10. The van der Waals surface area contributed by atoms with Crippen molar-refractivity contribution < 1.29 is 4.39 Å². The zero-order valence-electron chi connectivity index (χ0n) is 9.81. The Kier molecular flexibility index (Phi) is 4.10. The predicted octanol–water partition coefficient (Wildman–Crippen LogP) is 5.05. The van der Waals surface area contributed by atoms with Gasteiger partial charge < -0.3 is 5.32 Å². The van der Waals surface area contributed by atoms with Gasteiger partial charge >= 0.3 is 0 Å². The third-order valence-electron chi connectivity index (χ3n) is 2.61. The first-order chi connectivity index (χ1) is 8.56. The molecule has 94 valence electrons. The lowest BCUT2D eigenvalue weighted by Crippen LogP contribution is -2.02. The maximum Gasteiger partial charge on any atom is 0.146 e. The van der Waals surface area contributed by atoms with Crippen molar-refractivity contribution >= 4 is 28.9 Å². The molecule has 2 aromatic rings. The van der Waals surface area contributed by atoms with Gasteiger partial charge in [0.25, 0.3) is 0 Å². The predicted molar refractivity (Wildman–Crippen MR) is 74.9 cm³/mol. The maximum atomic E-state index is 13.5. The van der Waals surface area contributed by atoms with Crippen molar-refractivity contribution in [3.8, 4) is 0 Å². The van der Waals surface area contributed by atoms with Crippen LogP contribution in [0.4, 0.5) is 10.1 Å². The van der Waals surface area contributed by atoms with E-state index in [-0.39, 0.29) is 5.82 Å². The quantitative estimate of drug-likeness (QED) is 0.831. The monoisotopic (exact) mass is 283 g/mol. The molecule has 0 spiro atoms. The topological polar surface area (TPSA) is 12.0 Å². The molecule has 0 radical (unpaired) electrons. The van der Waals surface area contributed by atoms with E-state index in [9.17, 15) is 4.39 Å². The molecule has 0 bridgehead atoms. The summed E-state index contributed by atoms with van der Waals surface area (Å²) in [5.41, 5.74) is 2.39. The molecule has 0 saturated heterocycles. The third kappa shape index (κ3) is 3.15. The van der Waals surface area contributed by atoms with Crippen molar-refractivity contribution in [1.29, 1.82) is 0 Å². The molecule has 1 nitrogen and oxygen atoms in total. The lowest BCUT2D eigenvalue weighted by molar-refractivity contribution is 0.630. The van der Waals surface area contributed by atoms with Crippen molar-refractivity contribution in [2.75, 3.05) is 5.32 Å². The van der Waals surface area contributed by atoms with Crippen molar-refractivity contribution in [2.24, 2.45) is 0 Å². The van der Waals surface area contributed by atoms with Crippen LogP contribution in [0.3, 0.4) is 0 Å². The number of hydrogen-bond donors (Lipinski definition) is 1. The van der Waals surface area contributed by atoms with Gasteiger partial charge in [0.15, 0.2) is 0 Å². The standard InChI is InChI=1S/C14H12Cl2FN/c1-9-2-3-10(12(16)6-9)8-18-14-7-11(15)4-5-13(14)17/h2-7,18H,8H2,1H3. The minimum Gasteiger partial charge on any atom is -0.379 e. The maximum absolute atomic E-state index is 13.5. The first-order valence-electron chi connectivity index (χ1n) is 5.50. The molecule has 2 rings (SSSR count). The highest BCUT2D eigenvalue weighted by molar-refractivity contribution is 6.31. The second kappa shape index (κ2) is 5.59. The average molecular weight is 284 g/mol. The SMILES string of the molecule is Cc1ccc(CNc2cc(Cl)ccc2F)c(Cl)c1. The van der Waals surface area contributed by atoms with Gasteiger partial charge in [-0.2, -0.15) is 0 Å². The van der Waals surface area contributed by atoms with E-state index in [0.29, 0.717) is 22.3 Å². The molecule has 18 heavy (non-hydrogen) atoms. The first kappa shape index (κ1) is 13.2. The van der Waals surface area contributed by atoms with E-state index in [0.717, 1.165) is 11.1 Å². The summed E-state index contributed by atoms with van der Waals surface area (Å²) in [5.74, 6) is -0.331. The van der Waals surface area contributed by atoms with Crippen LogP contribution in [0.5, 0.6) is 0 Å². The second-order valence-corrected chi connectivity index (χ2v) is 4.92. The van der Waals surface area contributed by atoms with Gasteiger partial charge in [0.1, 0.15) is 5.82 Å². The molecular weight excluding hydrogens is 272 g/mol. The van der Waals surface area contributed by atoms with Gasteiger partial charge in [0.2, 0.25) is 0 Å². The Bertz CT molecular complexity index is 570. The minimum atomic E-state index is -0.331. The van der Waals surface area contributed by atoms with E-state index in [4.69, 9.17) is 23.2 Å². The molecule has 0 aliphatic carbocycles. The summed E-state index contributed by atoms with van der Waals surface area (Å²) in [4.78, 5) is 0. The molecule has 0 aliphatic heterocycles. The second-order valence-electron chi connectivity index (χ2n) is 4.07. The van der Waals surface area contributed by atoms with Gasteiger partial charge in [-0.05, 0) is 42.3 Å². The Morgan fingerprint density at radius 2 is 1.89 bits per heavy atom. The van der Waals surface area contributed by atoms with Gasteiger partial charge in [-0.25, -0.2) is 4.39 Å². The molecule has 0 unspecified atom stereocenters. The molecule has 0 atom stereocenters. The van der Waals surface area contributed by atoms with Crippen molar-refractivity contribution in [1.82, 2.24) is 0 Å². The molecule has 0 saturated carbocycles. The fourth-order valence-corrected chi connectivity index (χ4v) is 2.09. The average Bonchev–Trinajstić information content (AvgIpc) is 2.32. The molecule has 1 N–H and O–H groups in total. The molecule has 0 aliphatic rings. The van der Waals surface area contributed by atoms with E-state index >= 15 is 0 Å². The van der Waals surface area contributed by atoms with Crippen LogP contribution in [0.25, 0.3) is 0 Å². The minimum absolute atomic E-state index is 0.331. The summed E-state index contributed by atoms with van der Waals surface area (Å²) < 4.78 is 13.5. The number of benzene rings is 2. The first-order valence-corrected chi connectivity index (χ1v) is 6.26. The summed E-state index contributed by atoms with van der Waals surface area (Å²) in [5, 5.41) is 4.15. The number of nitrogens with one attached hydrogen (secondary N) is 1. The Morgan fingerprint density at radius 3 is 2.61 bits per heavy atom. The van der Waals surface area contributed by atoms with Crippen molar-refractivity contribution in [3.63, 3.8) is 0 Å². The van der Waals surface area contributed by atoms with Crippen molar-refractivity contribution in [3.05, 3.63) is 63.4 Å². The van der Waals surface area contributed by atoms with Crippen LogP contribution in [0.1, 0.15) is 11.1 Å². The van der Waals surface area contributed by atoms with Gasteiger partial charge in [-0.3, -0.25) is 0 Å². The Labute approximate surface area is 116 Å². The van der Waals surface area contributed by atoms with Crippen LogP contribution >= 0.6 is 23.2 Å². The Balaban J connectivity index is 2.13. The molecule has 0 fully saturated rings. The van der Waals surface area contributed by atoms with E-state index in [1.165, 1.54) is 12.1 Å². The number of aryl methyl sites for hydroxylation is 1. The van der Waals surface area contributed by atoms with E-state index in [1.54, 1.807) is 6.07 Å². The van der Waals surface area contributed by atoms with Gasteiger partial charge in [-0.1, -0.05) is 35.3 Å². The van der Waals surface area contributed by atoms with Crippen LogP contribution < -0.4 is 5.32 Å². The van der Waals surface area contributed by atoms with Crippen LogP contribution in [0.15, 0.2) is 36.4 Å². The van der Waals surface area contributed by atoms with Gasteiger partial charge in [0, 0.05) is 16.6 Å². The number of anilines is 1. The zero-order chi connectivity index (χ0) is 13.1. The molecular formula is C14H12Cl2FN. The van der Waals surface area contributed by atoms with E-state index in [2.05, 4.69) is 5.32 Å². The molecule has 0 aromatic heterocycles. The molecule has 0 heterocycles. The summed E-state index contributed by atoms with van der Waals surface area (Å²) in [7, 11) is 0. The fourth-order valence-electron chi connectivity index (χ4n) is 1.62. The highest BCUT2D eigenvalue weighted by Crippen LogP contribution is 2.22. The fraction of sp³-hybridized carbons (Fsp3) is 0.143. The van der Waals surface area contributed by atoms with Crippen LogP contribution in [-0.2, 0) is 6.54 Å². The third-order valence-corrected chi connectivity index (χ3v) is 3.19. The van der Waals surface area contributed by atoms with E-state index < -0.39 is 0 Å². The lowest BCUT2D eigenvalue weighted by atomic mass is 10.1. The highest BCUT2D eigenvalue weighted by atomic mass is 35.5. The summed E-state index contributed by atoms with van der Waals surface area (Å²) >= 11 is 11.9. The molecule has 0 amide bonds. The van der Waals surface area contributed by atoms with E-state index in [1.807, 2.05) is 25.1 Å². The zero-order valence-corrected chi connectivity index (χ0v) is 11.3. The van der Waals surface area contributed by atoms with Crippen LogP contribution in [0, 0.1) is 12.7 Å². The number of rotatable bonds is 3. The van der Waals surface area contributed by atoms with Gasteiger partial charge in [-0.15, -0.1) is 0 Å². The van der Waals surface area contributed by atoms with Crippen LogP contribution in [0.2, 0.25) is 10.0 Å². The smallest absolute Gasteiger partial charge is 0.146 e. The Morgan fingerprint density at radius 1 is 1.11 bits per heavy atom. The Hall–Kier alpha value is -1.25. The summed E-state index contributed by atoms with van der Waals surface area (Å²) in [6.07, 6.45) is 0. The summed E-state index contributed by atoms with van der Waals surface area (Å²) in [6, 6.07) is 10.2. The normalized spacial score (nSPS) is 10.4. The number of halogens is 3. The highest BCUT2D eigenvalue weighted by Gasteiger charge is 2.04. The van der Waals surface area contributed by atoms with Crippen LogP contribution in [-0.4, -0.2) is 0 Å². The molecule has 4 heteroatoms. The molecule has 2 aromatic carbocycles. The summed E-state index contributed by atoms with van der Waals surface area (Å²) in [6.45, 7) is 2.43. The largest absolute Gasteiger partial charge is 0.379 e. The van der Waals surface area contributed by atoms with Crippen molar-refractivity contribution in [2.45, 2.75) is 13.5 Å². The van der Waals surface area contributed by atoms with Gasteiger partial charge in [0.05, 0.1) is 5.69 Å². The number of hydrogen-bond acceptors (Lipinski definition) is 1.